The van der Waals surface area contributed by atoms with Gasteiger partial charge in [-0.2, -0.15) is 0 Å². The predicted molar refractivity (Wildman–Crippen MR) is 83.5 cm³/mol. The van der Waals surface area contributed by atoms with Crippen LogP contribution >= 0.6 is 0 Å². The minimum Gasteiger partial charge on any atom is -0.507 e. The summed E-state index contributed by atoms with van der Waals surface area (Å²) in [6.07, 6.45) is 1.09. The van der Waals surface area contributed by atoms with Gasteiger partial charge in [0.25, 0.3) is 0 Å². The number of methoxy groups -OCH3 is 1. The number of nitrogens with one attached hydrogen (secondary N) is 1. The van der Waals surface area contributed by atoms with Gasteiger partial charge in [0.1, 0.15) is 11.5 Å². The van der Waals surface area contributed by atoms with E-state index in [4.69, 9.17) is 4.74 Å². The average molecular weight is 280 g/mol. The van der Waals surface area contributed by atoms with Gasteiger partial charge in [-0.15, -0.1) is 0 Å². The third kappa shape index (κ3) is 5.02. The summed E-state index contributed by atoms with van der Waals surface area (Å²) in [5, 5.41) is 13.4. The highest BCUT2D eigenvalue weighted by Crippen LogP contribution is 2.28. The lowest BCUT2D eigenvalue weighted by Crippen LogP contribution is -2.30. The number of ether oxygens (including phenoxy) is 1. The molecule has 0 amide bonds. The number of phenols is 1. The lowest BCUT2D eigenvalue weighted by molar-refractivity contribution is 0.268. The molecule has 0 aliphatic carbocycles. The van der Waals surface area contributed by atoms with Crippen molar-refractivity contribution in [3.05, 3.63) is 23.8 Å². The van der Waals surface area contributed by atoms with Crippen molar-refractivity contribution in [1.82, 2.24) is 10.2 Å². The van der Waals surface area contributed by atoms with Gasteiger partial charge < -0.3 is 20.1 Å². The Morgan fingerprint density at radius 1 is 1.30 bits per heavy atom. The van der Waals surface area contributed by atoms with Crippen LogP contribution < -0.4 is 10.1 Å². The van der Waals surface area contributed by atoms with Gasteiger partial charge in [-0.3, -0.25) is 0 Å². The summed E-state index contributed by atoms with van der Waals surface area (Å²) in [5.74, 6) is 0.959. The van der Waals surface area contributed by atoms with Crippen LogP contribution in [0.25, 0.3) is 0 Å². The standard InChI is InChI=1S/C16H28N2O2/c1-12(2)18(4)10-6-9-17-13(3)15-8-7-14(20-5)11-16(15)19/h7-8,11-13,17,19H,6,9-10H2,1-5H3. The molecule has 1 aromatic carbocycles. The molecular weight excluding hydrogens is 252 g/mol. The van der Waals surface area contributed by atoms with Crippen LogP contribution in [0.5, 0.6) is 11.5 Å². The van der Waals surface area contributed by atoms with Crippen LogP contribution in [-0.4, -0.2) is 43.3 Å². The zero-order chi connectivity index (χ0) is 15.1. The summed E-state index contributed by atoms with van der Waals surface area (Å²) in [5.41, 5.74) is 0.906. The minimum absolute atomic E-state index is 0.130. The van der Waals surface area contributed by atoms with Crippen molar-refractivity contribution in [2.45, 2.75) is 39.3 Å². The molecule has 1 unspecified atom stereocenters. The third-order valence-electron chi connectivity index (χ3n) is 3.72. The van der Waals surface area contributed by atoms with Crippen LogP contribution in [0.2, 0.25) is 0 Å². The second-order valence-electron chi connectivity index (χ2n) is 5.53. The van der Waals surface area contributed by atoms with E-state index in [-0.39, 0.29) is 11.8 Å². The monoisotopic (exact) mass is 280 g/mol. The van der Waals surface area contributed by atoms with Crippen molar-refractivity contribution >= 4 is 0 Å². The number of nitrogens with zero attached hydrogens (tertiary/aromatic N) is 1. The molecule has 0 heterocycles. The molecule has 0 spiro atoms. The maximum absolute atomic E-state index is 9.98. The first-order valence-corrected chi connectivity index (χ1v) is 7.26. The number of rotatable bonds is 8. The highest BCUT2D eigenvalue weighted by molar-refractivity contribution is 5.41. The van der Waals surface area contributed by atoms with E-state index in [0.717, 1.165) is 25.1 Å². The van der Waals surface area contributed by atoms with E-state index in [1.165, 1.54) is 0 Å². The number of phenolic OH excluding ortho intramolecular Hbond substituents is 1. The summed E-state index contributed by atoms with van der Waals surface area (Å²) < 4.78 is 5.09. The Hall–Kier alpha value is -1.26. The second-order valence-corrected chi connectivity index (χ2v) is 5.53. The summed E-state index contributed by atoms with van der Waals surface area (Å²) in [6, 6.07) is 6.15. The normalized spacial score (nSPS) is 12.9. The molecule has 0 saturated heterocycles. The van der Waals surface area contributed by atoms with E-state index in [2.05, 4.69) is 38.0 Å². The first-order chi connectivity index (χ1) is 9.45. The predicted octanol–water partition coefficient (Wildman–Crippen LogP) is 2.78. The molecule has 1 atom stereocenters. The molecule has 4 heteroatoms. The van der Waals surface area contributed by atoms with Gasteiger partial charge in [-0.1, -0.05) is 6.07 Å². The molecule has 4 nitrogen and oxygen atoms in total. The highest BCUT2D eigenvalue weighted by Gasteiger charge is 2.10. The van der Waals surface area contributed by atoms with E-state index in [1.54, 1.807) is 13.2 Å². The number of hydrogen-bond donors (Lipinski definition) is 2. The average Bonchev–Trinajstić information content (AvgIpc) is 2.42. The van der Waals surface area contributed by atoms with Gasteiger partial charge in [-0.25, -0.2) is 0 Å². The molecule has 20 heavy (non-hydrogen) atoms. The molecule has 1 rings (SSSR count). The van der Waals surface area contributed by atoms with Crippen molar-refractivity contribution in [3.8, 4) is 11.5 Å². The van der Waals surface area contributed by atoms with Gasteiger partial charge in [0.15, 0.2) is 0 Å². The van der Waals surface area contributed by atoms with Gasteiger partial charge in [0.2, 0.25) is 0 Å². The third-order valence-corrected chi connectivity index (χ3v) is 3.72. The van der Waals surface area contributed by atoms with Gasteiger partial charge in [0, 0.05) is 23.7 Å². The molecule has 0 aromatic heterocycles. The Balaban J connectivity index is 2.41. The maximum Gasteiger partial charge on any atom is 0.124 e. The lowest BCUT2D eigenvalue weighted by Gasteiger charge is -2.22. The number of aromatic hydroxyl groups is 1. The van der Waals surface area contributed by atoms with E-state index in [1.807, 2.05) is 12.1 Å². The Bertz CT molecular complexity index is 407. The molecule has 0 bridgehead atoms. The largest absolute Gasteiger partial charge is 0.507 e. The Kier molecular flexibility index (Phi) is 6.82. The first-order valence-electron chi connectivity index (χ1n) is 7.26. The van der Waals surface area contributed by atoms with Crippen LogP contribution in [0.15, 0.2) is 18.2 Å². The van der Waals surface area contributed by atoms with Crippen LogP contribution in [0.4, 0.5) is 0 Å². The second kappa shape index (κ2) is 8.12. The molecule has 2 N–H and O–H groups in total. The summed E-state index contributed by atoms with van der Waals surface area (Å²) in [7, 11) is 3.74. The summed E-state index contributed by atoms with van der Waals surface area (Å²) in [4.78, 5) is 2.33. The van der Waals surface area contributed by atoms with E-state index in [0.29, 0.717) is 11.8 Å². The molecular formula is C16H28N2O2. The molecule has 0 aliphatic heterocycles. The summed E-state index contributed by atoms with van der Waals surface area (Å²) in [6.45, 7) is 8.47. The van der Waals surface area contributed by atoms with Gasteiger partial charge >= 0.3 is 0 Å². The van der Waals surface area contributed by atoms with Crippen molar-refractivity contribution < 1.29 is 9.84 Å². The number of benzene rings is 1. The van der Waals surface area contributed by atoms with Gasteiger partial charge in [0.05, 0.1) is 7.11 Å². The van der Waals surface area contributed by atoms with Crippen molar-refractivity contribution in [1.29, 1.82) is 0 Å². The Labute approximate surface area is 122 Å². The quantitative estimate of drug-likeness (QED) is 0.719. The topological polar surface area (TPSA) is 44.7 Å². The molecule has 0 radical (unpaired) electrons. The smallest absolute Gasteiger partial charge is 0.124 e. The zero-order valence-electron chi connectivity index (χ0n) is 13.3. The van der Waals surface area contributed by atoms with E-state index >= 15 is 0 Å². The Morgan fingerprint density at radius 2 is 2.00 bits per heavy atom. The van der Waals surface area contributed by atoms with E-state index < -0.39 is 0 Å². The molecule has 0 saturated carbocycles. The van der Waals surface area contributed by atoms with Crippen molar-refractivity contribution in [2.75, 3.05) is 27.2 Å². The zero-order valence-corrected chi connectivity index (χ0v) is 13.3. The SMILES string of the molecule is COc1ccc(C(C)NCCCN(C)C(C)C)c(O)c1. The van der Waals surface area contributed by atoms with E-state index in [9.17, 15) is 5.11 Å². The van der Waals surface area contributed by atoms with Crippen LogP contribution in [0.1, 0.15) is 38.8 Å². The van der Waals surface area contributed by atoms with Gasteiger partial charge in [-0.05, 0) is 53.4 Å². The lowest BCUT2D eigenvalue weighted by atomic mass is 10.1. The van der Waals surface area contributed by atoms with Crippen LogP contribution in [-0.2, 0) is 0 Å². The Morgan fingerprint density at radius 3 is 2.55 bits per heavy atom. The molecule has 0 fully saturated rings. The summed E-state index contributed by atoms with van der Waals surface area (Å²) >= 11 is 0. The van der Waals surface area contributed by atoms with Crippen molar-refractivity contribution in [2.24, 2.45) is 0 Å². The number of hydrogen-bond acceptors (Lipinski definition) is 4. The van der Waals surface area contributed by atoms with Crippen LogP contribution in [0.3, 0.4) is 0 Å². The fourth-order valence-electron chi connectivity index (χ4n) is 2.03. The fraction of sp³-hybridized carbons (Fsp3) is 0.625. The highest BCUT2D eigenvalue weighted by atomic mass is 16.5. The molecule has 1 aromatic rings. The first kappa shape index (κ1) is 16.8. The fourth-order valence-corrected chi connectivity index (χ4v) is 2.03. The van der Waals surface area contributed by atoms with Crippen LogP contribution in [0, 0.1) is 0 Å². The molecule has 114 valence electrons. The maximum atomic E-state index is 9.98. The minimum atomic E-state index is 0.130. The molecule has 0 aliphatic rings. The van der Waals surface area contributed by atoms with Crippen molar-refractivity contribution in [3.63, 3.8) is 0 Å².